The number of amides is 1. The maximum absolute atomic E-state index is 12.8. The van der Waals surface area contributed by atoms with Crippen LogP contribution in [0.4, 0.5) is 0 Å². The number of pyridine rings is 1. The highest BCUT2D eigenvalue weighted by molar-refractivity contribution is 7.97. The topological polar surface area (TPSA) is 84.2 Å². The Hall–Kier alpha value is -1.93. The van der Waals surface area contributed by atoms with Crippen LogP contribution in [-0.4, -0.2) is 45.3 Å². The first-order valence-corrected chi connectivity index (χ1v) is 9.39. The van der Waals surface area contributed by atoms with Gasteiger partial charge in [0.1, 0.15) is 6.04 Å². The minimum atomic E-state index is -0.324. The highest BCUT2D eigenvalue weighted by Crippen LogP contribution is 2.24. The van der Waals surface area contributed by atoms with Crippen LogP contribution in [0.1, 0.15) is 36.2 Å². The lowest BCUT2D eigenvalue weighted by atomic mass is 10.1. The van der Waals surface area contributed by atoms with Gasteiger partial charge in [-0.05, 0) is 43.8 Å². The molecule has 2 aromatic rings. The number of nitrogens with zero attached hydrogens (tertiary/aromatic N) is 4. The molecule has 1 atom stereocenters. The summed E-state index contributed by atoms with van der Waals surface area (Å²) in [6.45, 7) is 2.08. The molecule has 3 rings (SSSR count). The number of hydrogen-bond donors (Lipinski definition) is 1. The Balaban J connectivity index is 1.66. The molecule has 0 spiro atoms. The van der Waals surface area contributed by atoms with Gasteiger partial charge in [-0.25, -0.2) is 0 Å². The van der Waals surface area contributed by atoms with E-state index in [2.05, 4.69) is 25.3 Å². The molecule has 3 heterocycles. The normalized spacial score (nSPS) is 16.2. The predicted octanol–water partition coefficient (Wildman–Crippen LogP) is 1.78. The average molecular weight is 347 g/mol. The summed E-state index contributed by atoms with van der Waals surface area (Å²) in [6, 6.07) is 3.48. The largest absolute Gasteiger partial charge is 0.345 e. The fraction of sp³-hybridized carbons (Fsp3) is 0.500. The Kier molecular flexibility index (Phi) is 5.81. The number of nitrogens with one attached hydrogen (secondary N) is 1. The zero-order valence-electron chi connectivity index (χ0n) is 13.6. The molecule has 24 heavy (non-hydrogen) atoms. The van der Waals surface area contributed by atoms with Crippen LogP contribution in [0.25, 0.3) is 0 Å². The van der Waals surface area contributed by atoms with E-state index in [4.69, 9.17) is 4.52 Å². The van der Waals surface area contributed by atoms with Crippen molar-refractivity contribution in [3.63, 3.8) is 0 Å². The number of likely N-dealkylation sites (tertiary alicyclic amines) is 1. The highest BCUT2D eigenvalue weighted by Gasteiger charge is 2.29. The SMILES string of the molecule is CSCc1noc(CNC(=O)[C@H](c2cccnc2)N2CCCC2)n1. The van der Waals surface area contributed by atoms with Crippen LogP contribution >= 0.6 is 11.8 Å². The molecule has 1 fully saturated rings. The minimum absolute atomic E-state index is 0.0606. The molecule has 2 aromatic heterocycles. The summed E-state index contributed by atoms with van der Waals surface area (Å²) in [6.07, 6.45) is 7.68. The summed E-state index contributed by atoms with van der Waals surface area (Å²) in [5.74, 6) is 1.71. The van der Waals surface area contributed by atoms with Gasteiger partial charge in [0, 0.05) is 12.4 Å². The van der Waals surface area contributed by atoms with Crippen LogP contribution < -0.4 is 5.32 Å². The zero-order chi connectivity index (χ0) is 16.8. The van der Waals surface area contributed by atoms with Gasteiger partial charge >= 0.3 is 0 Å². The molecule has 0 saturated carbocycles. The van der Waals surface area contributed by atoms with E-state index < -0.39 is 0 Å². The van der Waals surface area contributed by atoms with Crippen molar-refractivity contribution in [2.24, 2.45) is 0 Å². The molecule has 1 N–H and O–H groups in total. The highest BCUT2D eigenvalue weighted by atomic mass is 32.2. The molecular formula is C16H21N5O2S. The van der Waals surface area contributed by atoms with Gasteiger partial charge in [-0.1, -0.05) is 11.2 Å². The number of hydrogen-bond acceptors (Lipinski definition) is 7. The molecule has 8 heteroatoms. The molecule has 1 aliphatic rings. The van der Waals surface area contributed by atoms with Crippen molar-refractivity contribution < 1.29 is 9.32 Å². The third-order valence-corrected chi connectivity index (χ3v) is 4.50. The number of carbonyl (C=O) groups excluding carboxylic acids is 1. The number of rotatable bonds is 7. The smallest absolute Gasteiger partial charge is 0.246 e. The van der Waals surface area contributed by atoms with E-state index in [0.29, 0.717) is 17.5 Å². The second kappa shape index (κ2) is 8.25. The minimum Gasteiger partial charge on any atom is -0.345 e. The second-order valence-electron chi connectivity index (χ2n) is 5.69. The maximum Gasteiger partial charge on any atom is 0.246 e. The van der Waals surface area contributed by atoms with Crippen molar-refractivity contribution in [2.75, 3.05) is 19.3 Å². The number of aromatic nitrogens is 3. The summed E-state index contributed by atoms with van der Waals surface area (Å²) in [7, 11) is 0. The lowest BCUT2D eigenvalue weighted by Gasteiger charge is -2.26. The first-order chi connectivity index (χ1) is 11.8. The van der Waals surface area contributed by atoms with Crippen molar-refractivity contribution in [3.8, 4) is 0 Å². The third kappa shape index (κ3) is 4.12. The lowest BCUT2D eigenvalue weighted by molar-refractivity contribution is -0.126. The van der Waals surface area contributed by atoms with Crippen LogP contribution in [-0.2, 0) is 17.1 Å². The number of thioether (sulfide) groups is 1. The van der Waals surface area contributed by atoms with E-state index in [9.17, 15) is 4.79 Å². The molecule has 0 aliphatic carbocycles. The summed E-state index contributed by atoms with van der Waals surface area (Å²) in [4.78, 5) is 23.4. The summed E-state index contributed by atoms with van der Waals surface area (Å²) in [5, 5.41) is 6.80. The Morgan fingerprint density at radius 1 is 1.46 bits per heavy atom. The van der Waals surface area contributed by atoms with Crippen LogP contribution in [0.15, 0.2) is 29.0 Å². The van der Waals surface area contributed by atoms with Gasteiger partial charge in [0.15, 0.2) is 5.82 Å². The van der Waals surface area contributed by atoms with Crippen LogP contribution in [0.5, 0.6) is 0 Å². The molecule has 128 valence electrons. The van der Waals surface area contributed by atoms with Gasteiger partial charge in [0.25, 0.3) is 0 Å². The lowest BCUT2D eigenvalue weighted by Crippen LogP contribution is -2.39. The molecule has 0 bridgehead atoms. The number of carbonyl (C=O) groups is 1. The van der Waals surface area contributed by atoms with Gasteiger partial charge in [-0.2, -0.15) is 16.7 Å². The Morgan fingerprint density at radius 2 is 2.29 bits per heavy atom. The quantitative estimate of drug-likeness (QED) is 0.817. The average Bonchev–Trinajstić information content (AvgIpc) is 3.27. The summed E-state index contributed by atoms with van der Waals surface area (Å²) < 4.78 is 5.16. The summed E-state index contributed by atoms with van der Waals surface area (Å²) >= 11 is 1.63. The van der Waals surface area contributed by atoms with E-state index in [1.165, 1.54) is 0 Å². The van der Waals surface area contributed by atoms with Gasteiger partial charge in [-0.3, -0.25) is 14.7 Å². The van der Waals surface area contributed by atoms with E-state index in [1.54, 1.807) is 24.2 Å². The molecular weight excluding hydrogens is 326 g/mol. The zero-order valence-corrected chi connectivity index (χ0v) is 14.5. The molecule has 0 radical (unpaired) electrons. The van der Waals surface area contributed by atoms with Gasteiger partial charge in [-0.15, -0.1) is 0 Å². The monoisotopic (exact) mass is 347 g/mol. The molecule has 1 amide bonds. The maximum atomic E-state index is 12.8. The van der Waals surface area contributed by atoms with Crippen molar-refractivity contribution in [1.29, 1.82) is 0 Å². The Labute approximate surface area is 145 Å². The van der Waals surface area contributed by atoms with Gasteiger partial charge in [0.05, 0.1) is 12.3 Å². The van der Waals surface area contributed by atoms with E-state index in [-0.39, 0.29) is 18.5 Å². The van der Waals surface area contributed by atoms with E-state index in [1.807, 2.05) is 18.4 Å². The molecule has 1 aliphatic heterocycles. The molecule has 0 unspecified atom stereocenters. The predicted molar refractivity (Wildman–Crippen MR) is 91.1 cm³/mol. The summed E-state index contributed by atoms with van der Waals surface area (Å²) in [5.41, 5.74) is 0.908. The fourth-order valence-electron chi connectivity index (χ4n) is 2.87. The van der Waals surface area contributed by atoms with Crippen LogP contribution in [0, 0.1) is 0 Å². The van der Waals surface area contributed by atoms with Crippen LogP contribution in [0.2, 0.25) is 0 Å². The molecule has 0 aromatic carbocycles. The van der Waals surface area contributed by atoms with E-state index in [0.717, 1.165) is 31.5 Å². The standard InChI is InChI=1S/C16H21N5O2S/c1-24-11-13-19-14(23-20-13)10-18-16(22)15(21-7-2-3-8-21)12-5-4-6-17-9-12/h4-6,9,15H,2-3,7-8,10-11H2,1H3,(H,18,22)/t15-/m0/s1. The Morgan fingerprint density at radius 3 is 3.00 bits per heavy atom. The van der Waals surface area contributed by atoms with Crippen molar-refractivity contribution in [3.05, 3.63) is 41.8 Å². The third-order valence-electron chi connectivity index (χ3n) is 3.95. The van der Waals surface area contributed by atoms with Gasteiger partial charge < -0.3 is 9.84 Å². The van der Waals surface area contributed by atoms with Crippen molar-refractivity contribution in [2.45, 2.75) is 31.2 Å². The first-order valence-electron chi connectivity index (χ1n) is 8.00. The van der Waals surface area contributed by atoms with Crippen molar-refractivity contribution in [1.82, 2.24) is 25.3 Å². The van der Waals surface area contributed by atoms with Gasteiger partial charge in [0.2, 0.25) is 11.8 Å². The second-order valence-corrected chi connectivity index (χ2v) is 6.55. The van der Waals surface area contributed by atoms with Crippen LogP contribution in [0.3, 0.4) is 0 Å². The first kappa shape index (κ1) is 16.9. The van der Waals surface area contributed by atoms with E-state index >= 15 is 0 Å². The van der Waals surface area contributed by atoms with Crippen molar-refractivity contribution >= 4 is 17.7 Å². The Bertz CT molecular complexity index is 657. The fourth-order valence-corrected chi connectivity index (χ4v) is 3.25. The molecule has 7 nitrogen and oxygen atoms in total. The molecule has 1 saturated heterocycles.